The van der Waals surface area contributed by atoms with Crippen LogP contribution >= 0.6 is 11.6 Å². The number of ether oxygens (including phenoxy) is 1. The molecule has 0 aliphatic carbocycles. The van der Waals surface area contributed by atoms with Gasteiger partial charge in [-0.2, -0.15) is 0 Å². The summed E-state index contributed by atoms with van der Waals surface area (Å²) in [5.74, 6) is -0.325. The van der Waals surface area contributed by atoms with E-state index in [1.807, 2.05) is 31.2 Å². The van der Waals surface area contributed by atoms with E-state index in [0.29, 0.717) is 5.56 Å². The molecule has 0 amide bonds. The summed E-state index contributed by atoms with van der Waals surface area (Å²) in [4.78, 5) is 0. The molecule has 0 N–H and O–H groups in total. The first-order chi connectivity index (χ1) is 8.85. The number of hydrogen-bond acceptors (Lipinski definition) is 1. The van der Waals surface area contributed by atoms with Crippen LogP contribution in [0.1, 0.15) is 5.56 Å². The Bertz CT molecular complexity index is 593. The molecule has 19 heavy (non-hydrogen) atoms. The van der Waals surface area contributed by atoms with Crippen molar-refractivity contribution in [1.82, 2.24) is 0 Å². The maximum Gasteiger partial charge on any atom is 0.573 e. The molecule has 0 saturated heterocycles. The summed E-state index contributed by atoms with van der Waals surface area (Å²) >= 11 is 6.00. The van der Waals surface area contributed by atoms with Crippen molar-refractivity contribution in [3.8, 4) is 16.9 Å². The lowest BCUT2D eigenvalue weighted by atomic mass is 10.0. The molecule has 0 radical (unpaired) electrons. The maximum absolute atomic E-state index is 12.1. The van der Waals surface area contributed by atoms with Crippen molar-refractivity contribution in [2.24, 2.45) is 0 Å². The van der Waals surface area contributed by atoms with E-state index < -0.39 is 6.36 Å². The quantitative estimate of drug-likeness (QED) is 0.736. The Hall–Kier alpha value is -1.68. The molecule has 0 aliphatic heterocycles. The van der Waals surface area contributed by atoms with Crippen LogP contribution in [0.4, 0.5) is 13.2 Å². The average Bonchev–Trinajstić information content (AvgIpc) is 2.26. The molecule has 2 aromatic rings. The van der Waals surface area contributed by atoms with Gasteiger partial charge in [-0.25, -0.2) is 0 Å². The van der Waals surface area contributed by atoms with Crippen molar-refractivity contribution in [2.75, 3.05) is 0 Å². The van der Waals surface area contributed by atoms with Crippen molar-refractivity contribution < 1.29 is 17.9 Å². The molecule has 0 spiro atoms. The topological polar surface area (TPSA) is 9.23 Å². The van der Waals surface area contributed by atoms with Crippen LogP contribution in [0.15, 0.2) is 42.5 Å². The molecule has 0 heterocycles. The van der Waals surface area contributed by atoms with Crippen molar-refractivity contribution >= 4 is 11.6 Å². The lowest BCUT2D eigenvalue weighted by molar-refractivity contribution is -0.274. The van der Waals surface area contributed by atoms with Gasteiger partial charge in [-0.05, 0) is 30.7 Å². The van der Waals surface area contributed by atoms with Gasteiger partial charge in [0.05, 0.1) is 5.02 Å². The summed E-state index contributed by atoms with van der Waals surface area (Å²) in [6.07, 6.45) is -4.71. The highest BCUT2D eigenvalue weighted by Crippen LogP contribution is 2.33. The molecule has 0 bridgehead atoms. The van der Waals surface area contributed by atoms with Gasteiger partial charge in [0, 0.05) is 5.56 Å². The number of hydrogen-bond donors (Lipinski definition) is 0. The molecule has 0 saturated carbocycles. The molecule has 1 nitrogen and oxygen atoms in total. The van der Waals surface area contributed by atoms with Crippen molar-refractivity contribution in [3.05, 3.63) is 53.1 Å². The van der Waals surface area contributed by atoms with Crippen LogP contribution in [-0.4, -0.2) is 6.36 Å². The zero-order chi connectivity index (χ0) is 14.0. The van der Waals surface area contributed by atoms with Crippen LogP contribution in [0.3, 0.4) is 0 Å². The van der Waals surface area contributed by atoms with E-state index in [9.17, 15) is 13.2 Å². The van der Waals surface area contributed by atoms with E-state index in [4.69, 9.17) is 11.6 Å². The van der Waals surface area contributed by atoms with Crippen LogP contribution in [0.5, 0.6) is 5.75 Å². The number of alkyl halides is 3. The first-order valence-corrected chi connectivity index (χ1v) is 5.85. The largest absolute Gasteiger partial charge is 0.573 e. The minimum absolute atomic E-state index is 0.215. The van der Waals surface area contributed by atoms with Gasteiger partial charge in [0.15, 0.2) is 0 Å². The monoisotopic (exact) mass is 286 g/mol. The Morgan fingerprint density at radius 2 is 1.79 bits per heavy atom. The number of halogens is 4. The maximum atomic E-state index is 12.1. The van der Waals surface area contributed by atoms with E-state index >= 15 is 0 Å². The summed E-state index contributed by atoms with van der Waals surface area (Å²) in [5, 5.41) is 0.215. The Morgan fingerprint density at radius 1 is 1.05 bits per heavy atom. The van der Waals surface area contributed by atoms with Crippen molar-refractivity contribution in [2.45, 2.75) is 13.3 Å². The molecule has 0 atom stereocenters. The Morgan fingerprint density at radius 3 is 2.37 bits per heavy atom. The molecule has 0 unspecified atom stereocenters. The van der Waals surface area contributed by atoms with Crippen LogP contribution in [0.25, 0.3) is 11.1 Å². The lowest BCUT2D eigenvalue weighted by Crippen LogP contribution is -2.17. The SMILES string of the molecule is Cc1cccc(-c2ccc(OC(F)(F)F)cc2Cl)c1. The predicted molar refractivity (Wildman–Crippen MR) is 68.3 cm³/mol. The smallest absolute Gasteiger partial charge is 0.406 e. The highest BCUT2D eigenvalue weighted by atomic mass is 35.5. The van der Waals surface area contributed by atoms with E-state index in [1.54, 1.807) is 0 Å². The van der Waals surface area contributed by atoms with Gasteiger partial charge in [-0.1, -0.05) is 41.4 Å². The van der Waals surface area contributed by atoms with Crippen molar-refractivity contribution in [1.29, 1.82) is 0 Å². The molecule has 2 aromatic carbocycles. The van der Waals surface area contributed by atoms with Gasteiger partial charge in [-0.15, -0.1) is 13.2 Å². The van der Waals surface area contributed by atoms with Crippen LogP contribution in [-0.2, 0) is 0 Å². The number of aryl methyl sites for hydroxylation is 1. The zero-order valence-electron chi connectivity index (χ0n) is 9.96. The normalized spacial score (nSPS) is 11.4. The van der Waals surface area contributed by atoms with E-state index in [0.717, 1.165) is 17.2 Å². The average molecular weight is 287 g/mol. The number of benzene rings is 2. The first kappa shape index (κ1) is 13.7. The molecule has 0 aliphatic rings. The van der Waals surface area contributed by atoms with Gasteiger partial charge in [0.1, 0.15) is 5.75 Å². The molecular weight excluding hydrogens is 277 g/mol. The Balaban J connectivity index is 2.34. The molecule has 2 rings (SSSR count). The predicted octanol–water partition coefficient (Wildman–Crippen LogP) is 5.21. The van der Waals surface area contributed by atoms with Crippen LogP contribution in [0, 0.1) is 6.92 Å². The number of rotatable bonds is 2. The van der Waals surface area contributed by atoms with Crippen molar-refractivity contribution in [3.63, 3.8) is 0 Å². The third-order valence-electron chi connectivity index (χ3n) is 2.50. The van der Waals surface area contributed by atoms with E-state index in [1.165, 1.54) is 12.1 Å². The lowest BCUT2D eigenvalue weighted by Gasteiger charge is -2.11. The standard InChI is InChI=1S/C14H10ClF3O/c1-9-3-2-4-10(7-9)12-6-5-11(8-13(12)15)19-14(16,17)18/h2-8H,1H3. The second kappa shape index (κ2) is 5.13. The highest BCUT2D eigenvalue weighted by molar-refractivity contribution is 6.33. The van der Waals surface area contributed by atoms with Gasteiger partial charge in [-0.3, -0.25) is 0 Å². The van der Waals surface area contributed by atoms with E-state index in [-0.39, 0.29) is 10.8 Å². The summed E-state index contributed by atoms with van der Waals surface area (Å²) in [5.41, 5.74) is 2.56. The second-order valence-corrected chi connectivity index (χ2v) is 4.47. The summed E-state index contributed by atoms with van der Waals surface area (Å²) < 4.78 is 40.1. The van der Waals surface area contributed by atoms with E-state index in [2.05, 4.69) is 4.74 Å². The summed E-state index contributed by atoms with van der Waals surface area (Å²) in [6, 6.07) is 11.5. The minimum atomic E-state index is -4.71. The fraction of sp³-hybridized carbons (Fsp3) is 0.143. The Kier molecular flexibility index (Phi) is 3.71. The van der Waals surface area contributed by atoms with Gasteiger partial charge >= 0.3 is 6.36 Å². The third kappa shape index (κ3) is 3.64. The molecule has 0 fully saturated rings. The second-order valence-electron chi connectivity index (χ2n) is 4.06. The Labute approximate surface area is 113 Å². The third-order valence-corrected chi connectivity index (χ3v) is 2.82. The highest BCUT2D eigenvalue weighted by Gasteiger charge is 2.31. The fourth-order valence-corrected chi connectivity index (χ4v) is 2.02. The molecule has 100 valence electrons. The van der Waals surface area contributed by atoms with Gasteiger partial charge in [0.25, 0.3) is 0 Å². The molecule has 0 aromatic heterocycles. The summed E-state index contributed by atoms with van der Waals surface area (Å²) in [6.45, 7) is 1.93. The van der Waals surface area contributed by atoms with Gasteiger partial charge < -0.3 is 4.74 Å². The summed E-state index contributed by atoms with van der Waals surface area (Å²) in [7, 11) is 0. The molecular formula is C14H10ClF3O. The fourth-order valence-electron chi connectivity index (χ4n) is 1.74. The molecule has 5 heteroatoms. The van der Waals surface area contributed by atoms with Gasteiger partial charge in [0.2, 0.25) is 0 Å². The first-order valence-electron chi connectivity index (χ1n) is 5.47. The van der Waals surface area contributed by atoms with Crippen LogP contribution in [0.2, 0.25) is 5.02 Å². The minimum Gasteiger partial charge on any atom is -0.406 e. The zero-order valence-corrected chi connectivity index (χ0v) is 10.7. The van der Waals surface area contributed by atoms with Crippen LogP contribution < -0.4 is 4.74 Å².